The first-order valence-electron chi connectivity index (χ1n) is 6.73. The molecule has 1 saturated heterocycles. The molecule has 0 spiro atoms. The lowest BCUT2D eigenvalue weighted by molar-refractivity contribution is -0.184. The standard InChI is InChI=1S/C14H16ClF3N2O2.ClH/c1-22-12-6-11(19)10(15)5-9(12)13(21)20-4-2-3-8(7-20)14(16,17)18;/h5-6,8H,2-4,7,19H2,1H3;1H. The fourth-order valence-corrected chi connectivity index (χ4v) is 2.67. The Labute approximate surface area is 143 Å². The number of amides is 1. The molecule has 1 aliphatic heterocycles. The number of halogens is 5. The predicted molar refractivity (Wildman–Crippen MR) is 84.3 cm³/mol. The molecule has 9 heteroatoms. The molecule has 0 saturated carbocycles. The lowest BCUT2D eigenvalue weighted by atomic mass is 9.96. The summed E-state index contributed by atoms with van der Waals surface area (Å²) in [4.78, 5) is 13.7. The van der Waals surface area contributed by atoms with Crippen molar-refractivity contribution < 1.29 is 22.7 Å². The average Bonchev–Trinajstić information content (AvgIpc) is 2.48. The normalized spacial score (nSPS) is 18.3. The van der Waals surface area contributed by atoms with Gasteiger partial charge in [-0.05, 0) is 18.9 Å². The number of benzene rings is 1. The molecule has 1 aromatic carbocycles. The first-order valence-corrected chi connectivity index (χ1v) is 7.10. The number of nitrogen functional groups attached to an aromatic ring is 1. The number of alkyl halides is 3. The van der Waals surface area contributed by atoms with E-state index in [2.05, 4.69) is 0 Å². The second-order valence-electron chi connectivity index (χ2n) is 5.21. The van der Waals surface area contributed by atoms with E-state index in [9.17, 15) is 18.0 Å². The highest BCUT2D eigenvalue weighted by molar-refractivity contribution is 6.33. The van der Waals surface area contributed by atoms with Gasteiger partial charge in [0.15, 0.2) is 0 Å². The summed E-state index contributed by atoms with van der Waals surface area (Å²) in [6.07, 6.45) is -3.96. The number of carbonyl (C=O) groups is 1. The third-order valence-electron chi connectivity index (χ3n) is 3.72. The second kappa shape index (κ2) is 7.49. The third kappa shape index (κ3) is 4.35. The van der Waals surface area contributed by atoms with Gasteiger partial charge in [0.1, 0.15) is 5.75 Å². The molecule has 0 aliphatic carbocycles. The van der Waals surface area contributed by atoms with Crippen LogP contribution in [-0.2, 0) is 0 Å². The number of hydrogen-bond donors (Lipinski definition) is 1. The molecule has 2 rings (SSSR count). The zero-order valence-electron chi connectivity index (χ0n) is 12.3. The Balaban J connectivity index is 0.00000264. The minimum atomic E-state index is -4.30. The van der Waals surface area contributed by atoms with E-state index in [1.807, 2.05) is 0 Å². The molecule has 1 aliphatic rings. The van der Waals surface area contributed by atoms with Crippen molar-refractivity contribution in [3.05, 3.63) is 22.7 Å². The highest BCUT2D eigenvalue weighted by atomic mass is 35.5. The van der Waals surface area contributed by atoms with Gasteiger partial charge in [-0.1, -0.05) is 11.6 Å². The number of rotatable bonds is 2. The van der Waals surface area contributed by atoms with Crippen molar-refractivity contribution >= 4 is 35.6 Å². The summed E-state index contributed by atoms with van der Waals surface area (Å²) >= 11 is 5.90. The predicted octanol–water partition coefficient (Wildman–Crippen LogP) is 3.77. The van der Waals surface area contributed by atoms with E-state index in [-0.39, 0.29) is 53.9 Å². The van der Waals surface area contributed by atoms with Gasteiger partial charge in [0.2, 0.25) is 0 Å². The van der Waals surface area contributed by atoms with E-state index in [1.54, 1.807) is 0 Å². The molecular formula is C14H17Cl2F3N2O2. The number of piperidine rings is 1. The fraction of sp³-hybridized carbons (Fsp3) is 0.500. The number of methoxy groups -OCH3 is 1. The first kappa shape index (κ1) is 19.7. The summed E-state index contributed by atoms with van der Waals surface area (Å²) in [7, 11) is 1.36. The van der Waals surface area contributed by atoms with Crippen LogP contribution in [0.25, 0.3) is 0 Å². The fourth-order valence-electron chi connectivity index (χ4n) is 2.50. The van der Waals surface area contributed by atoms with Gasteiger partial charge in [-0.25, -0.2) is 0 Å². The molecule has 1 amide bonds. The van der Waals surface area contributed by atoms with Crippen LogP contribution in [-0.4, -0.2) is 37.2 Å². The topological polar surface area (TPSA) is 55.6 Å². The maximum Gasteiger partial charge on any atom is 0.393 e. The monoisotopic (exact) mass is 372 g/mol. The lowest BCUT2D eigenvalue weighted by Gasteiger charge is -2.34. The maximum absolute atomic E-state index is 12.8. The number of nitrogens with zero attached hydrogens (tertiary/aromatic N) is 1. The van der Waals surface area contributed by atoms with Crippen molar-refractivity contribution in [3.63, 3.8) is 0 Å². The Kier molecular flexibility index (Phi) is 6.41. The van der Waals surface area contributed by atoms with Crippen LogP contribution in [0.1, 0.15) is 23.2 Å². The maximum atomic E-state index is 12.8. The highest BCUT2D eigenvalue weighted by Gasteiger charge is 2.43. The van der Waals surface area contributed by atoms with Crippen molar-refractivity contribution in [2.24, 2.45) is 5.92 Å². The summed E-state index contributed by atoms with van der Waals surface area (Å²) in [5.41, 5.74) is 5.99. The molecular weight excluding hydrogens is 356 g/mol. The highest BCUT2D eigenvalue weighted by Crippen LogP contribution is 2.35. The van der Waals surface area contributed by atoms with Gasteiger partial charge in [-0.3, -0.25) is 4.79 Å². The van der Waals surface area contributed by atoms with Crippen molar-refractivity contribution in [1.82, 2.24) is 4.90 Å². The van der Waals surface area contributed by atoms with Gasteiger partial charge in [0.25, 0.3) is 5.91 Å². The number of ether oxygens (including phenoxy) is 1. The van der Waals surface area contributed by atoms with Crippen LogP contribution in [0.3, 0.4) is 0 Å². The molecule has 2 N–H and O–H groups in total. The van der Waals surface area contributed by atoms with Crippen LogP contribution < -0.4 is 10.5 Å². The van der Waals surface area contributed by atoms with E-state index in [0.29, 0.717) is 6.42 Å². The van der Waals surface area contributed by atoms with Gasteiger partial charge in [-0.15, -0.1) is 12.4 Å². The minimum Gasteiger partial charge on any atom is -0.496 e. The average molecular weight is 373 g/mol. The Morgan fingerprint density at radius 2 is 2.09 bits per heavy atom. The molecule has 0 bridgehead atoms. The van der Waals surface area contributed by atoms with Gasteiger partial charge in [-0.2, -0.15) is 13.2 Å². The number of hydrogen-bond acceptors (Lipinski definition) is 3. The van der Waals surface area contributed by atoms with Gasteiger partial charge >= 0.3 is 6.18 Å². The first-order chi connectivity index (χ1) is 10.2. The number of nitrogens with two attached hydrogens (primary N) is 1. The Bertz CT molecular complexity index is 582. The molecule has 23 heavy (non-hydrogen) atoms. The zero-order valence-corrected chi connectivity index (χ0v) is 13.9. The molecule has 1 heterocycles. The van der Waals surface area contributed by atoms with Gasteiger partial charge in [0.05, 0.1) is 29.3 Å². The van der Waals surface area contributed by atoms with Crippen LogP contribution in [0.2, 0.25) is 5.02 Å². The van der Waals surface area contributed by atoms with Crippen LogP contribution in [0, 0.1) is 5.92 Å². The van der Waals surface area contributed by atoms with E-state index < -0.39 is 18.0 Å². The number of likely N-dealkylation sites (tertiary alicyclic amines) is 1. The van der Waals surface area contributed by atoms with Crippen molar-refractivity contribution in [1.29, 1.82) is 0 Å². The van der Waals surface area contributed by atoms with E-state index in [0.717, 1.165) is 0 Å². The van der Waals surface area contributed by atoms with Crippen LogP contribution in [0.4, 0.5) is 18.9 Å². The number of anilines is 1. The molecule has 0 aromatic heterocycles. The Morgan fingerprint density at radius 1 is 1.43 bits per heavy atom. The summed E-state index contributed by atoms with van der Waals surface area (Å²) in [5, 5.41) is 0.161. The van der Waals surface area contributed by atoms with E-state index in [1.165, 1.54) is 24.1 Å². The smallest absolute Gasteiger partial charge is 0.393 e. The molecule has 1 atom stereocenters. The summed E-state index contributed by atoms with van der Waals surface area (Å²) in [6, 6.07) is 2.72. The van der Waals surface area contributed by atoms with Crippen LogP contribution in [0.5, 0.6) is 5.75 Å². The molecule has 4 nitrogen and oxygen atoms in total. The van der Waals surface area contributed by atoms with Crippen molar-refractivity contribution in [2.45, 2.75) is 19.0 Å². The molecule has 1 aromatic rings. The molecule has 130 valence electrons. The summed E-state index contributed by atoms with van der Waals surface area (Å²) in [6.45, 7) is -0.0793. The van der Waals surface area contributed by atoms with E-state index >= 15 is 0 Å². The number of carbonyl (C=O) groups excluding carboxylic acids is 1. The largest absolute Gasteiger partial charge is 0.496 e. The third-order valence-corrected chi connectivity index (χ3v) is 4.05. The Hall–Kier alpha value is -1.34. The zero-order chi connectivity index (χ0) is 16.5. The summed E-state index contributed by atoms with van der Waals surface area (Å²) < 4.78 is 43.6. The molecule has 1 fully saturated rings. The molecule has 1 unspecified atom stereocenters. The summed E-state index contributed by atoms with van der Waals surface area (Å²) in [5.74, 6) is -1.84. The Morgan fingerprint density at radius 3 is 2.65 bits per heavy atom. The van der Waals surface area contributed by atoms with Crippen LogP contribution >= 0.6 is 24.0 Å². The van der Waals surface area contributed by atoms with Crippen molar-refractivity contribution in [2.75, 3.05) is 25.9 Å². The van der Waals surface area contributed by atoms with Gasteiger partial charge < -0.3 is 15.4 Å². The second-order valence-corrected chi connectivity index (χ2v) is 5.61. The molecule has 0 radical (unpaired) electrons. The van der Waals surface area contributed by atoms with Crippen LogP contribution in [0.15, 0.2) is 12.1 Å². The quantitative estimate of drug-likeness (QED) is 0.803. The van der Waals surface area contributed by atoms with E-state index in [4.69, 9.17) is 22.1 Å². The minimum absolute atomic E-state index is 0. The van der Waals surface area contributed by atoms with Gasteiger partial charge in [0, 0.05) is 19.2 Å². The van der Waals surface area contributed by atoms with Crippen molar-refractivity contribution in [3.8, 4) is 5.75 Å². The lowest BCUT2D eigenvalue weighted by Crippen LogP contribution is -2.44. The SMILES string of the molecule is COc1cc(N)c(Cl)cc1C(=O)N1CCCC(C(F)(F)F)C1.Cl.